The first-order valence-corrected chi connectivity index (χ1v) is 8.43. The van der Waals surface area contributed by atoms with Gasteiger partial charge in [0.15, 0.2) is 12.6 Å². The minimum absolute atomic E-state index is 0. The predicted molar refractivity (Wildman–Crippen MR) is 99.4 cm³/mol. The van der Waals surface area contributed by atoms with Crippen LogP contribution in [0.5, 0.6) is 0 Å². The molecule has 0 amide bonds. The Kier molecular flexibility index (Phi) is 9.91. The number of fused-ring (bicyclic) bond motifs is 1. The van der Waals surface area contributed by atoms with Crippen LogP contribution in [0, 0.1) is 0 Å². The first-order chi connectivity index (χ1) is 11.7. The van der Waals surface area contributed by atoms with Crippen LogP contribution in [0.25, 0.3) is 0 Å². The van der Waals surface area contributed by atoms with Gasteiger partial charge in [0.2, 0.25) is 0 Å². The molecule has 144 valence electrons. The SMILES string of the molecule is CC.NCCOC1OC2COC(c3ccccc3)OC2C(O)C1N.S. The molecule has 3 rings (SSSR count). The van der Waals surface area contributed by atoms with Gasteiger partial charge in [0.1, 0.15) is 18.3 Å². The first kappa shape index (κ1) is 22.3. The molecule has 0 aromatic heterocycles. The number of hydrogen-bond donors (Lipinski definition) is 3. The number of rotatable bonds is 4. The van der Waals surface area contributed by atoms with E-state index in [-0.39, 0.29) is 13.5 Å². The van der Waals surface area contributed by atoms with Gasteiger partial charge >= 0.3 is 0 Å². The van der Waals surface area contributed by atoms with Crippen molar-refractivity contribution in [3.63, 3.8) is 0 Å². The summed E-state index contributed by atoms with van der Waals surface area (Å²) in [6.07, 6.45) is -3.10. The Hall–Kier alpha value is -0.710. The molecule has 6 unspecified atom stereocenters. The molecule has 0 saturated carbocycles. The molecule has 2 aliphatic heterocycles. The number of nitrogens with two attached hydrogens (primary N) is 2. The standard InChI is InChI=1S/C15H22N2O5.C2H6.H2S/c16-6-7-19-15-11(17)12(18)13-10(21-15)8-20-14(22-13)9-4-2-1-3-5-9;1-2;/h1-5,10-15,18H,6-8,16-17H2;1-2H3;1H2. The summed E-state index contributed by atoms with van der Waals surface area (Å²) in [5, 5.41) is 10.4. The number of aliphatic hydroxyl groups excluding tert-OH is 1. The van der Waals surface area contributed by atoms with Gasteiger partial charge in [0, 0.05) is 12.1 Å². The third-order valence-electron chi connectivity index (χ3n) is 3.88. The second kappa shape index (κ2) is 11.1. The van der Waals surface area contributed by atoms with Gasteiger partial charge < -0.3 is 35.5 Å². The van der Waals surface area contributed by atoms with Gasteiger partial charge in [0.25, 0.3) is 0 Å². The van der Waals surface area contributed by atoms with Crippen molar-refractivity contribution in [3.05, 3.63) is 35.9 Å². The summed E-state index contributed by atoms with van der Waals surface area (Å²) in [6.45, 7) is 4.98. The maximum Gasteiger partial charge on any atom is 0.184 e. The zero-order valence-electron chi connectivity index (χ0n) is 14.7. The normalized spacial score (nSPS) is 34.1. The summed E-state index contributed by atoms with van der Waals surface area (Å²) in [7, 11) is 0. The summed E-state index contributed by atoms with van der Waals surface area (Å²) >= 11 is 0. The summed E-state index contributed by atoms with van der Waals surface area (Å²) in [5.41, 5.74) is 12.3. The van der Waals surface area contributed by atoms with E-state index in [0.717, 1.165) is 5.56 Å². The third kappa shape index (κ3) is 5.38. The molecule has 1 aromatic rings. The molecule has 2 aliphatic rings. The highest BCUT2D eigenvalue weighted by molar-refractivity contribution is 7.59. The molecule has 1 aromatic carbocycles. The zero-order chi connectivity index (χ0) is 17.5. The second-order valence-corrected chi connectivity index (χ2v) is 5.45. The van der Waals surface area contributed by atoms with Crippen LogP contribution in [0.1, 0.15) is 25.7 Å². The second-order valence-electron chi connectivity index (χ2n) is 5.45. The highest BCUT2D eigenvalue weighted by Gasteiger charge is 2.48. The smallest absolute Gasteiger partial charge is 0.184 e. The van der Waals surface area contributed by atoms with Crippen LogP contribution in [0.3, 0.4) is 0 Å². The van der Waals surface area contributed by atoms with Crippen LogP contribution in [0.15, 0.2) is 30.3 Å². The molecule has 2 saturated heterocycles. The van der Waals surface area contributed by atoms with Crippen LogP contribution >= 0.6 is 13.5 Å². The Balaban J connectivity index is 0.00000101. The molecule has 7 nitrogen and oxygen atoms in total. The van der Waals surface area contributed by atoms with Crippen molar-refractivity contribution >= 4 is 13.5 Å². The van der Waals surface area contributed by atoms with E-state index in [2.05, 4.69) is 0 Å². The molecule has 0 aliphatic carbocycles. The van der Waals surface area contributed by atoms with Crippen molar-refractivity contribution in [2.45, 2.75) is 50.8 Å². The van der Waals surface area contributed by atoms with Gasteiger partial charge in [-0.25, -0.2) is 0 Å². The minimum Gasteiger partial charge on any atom is -0.388 e. The van der Waals surface area contributed by atoms with Gasteiger partial charge in [-0.05, 0) is 0 Å². The summed E-state index contributed by atoms with van der Waals surface area (Å²) < 4.78 is 22.7. The average Bonchev–Trinajstić information content (AvgIpc) is 2.65. The van der Waals surface area contributed by atoms with Crippen molar-refractivity contribution in [2.24, 2.45) is 11.5 Å². The molecular weight excluding hydrogens is 344 g/mol. The monoisotopic (exact) mass is 374 g/mol. The van der Waals surface area contributed by atoms with Gasteiger partial charge in [-0.3, -0.25) is 0 Å². The largest absolute Gasteiger partial charge is 0.388 e. The van der Waals surface area contributed by atoms with Crippen LogP contribution in [0.2, 0.25) is 0 Å². The number of hydrogen-bond acceptors (Lipinski definition) is 7. The van der Waals surface area contributed by atoms with Crippen molar-refractivity contribution in [1.82, 2.24) is 0 Å². The van der Waals surface area contributed by atoms with E-state index in [1.54, 1.807) is 0 Å². The van der Waals surface area contributed by atoms with E-state index in [4.69, 9.17) is 30.4 Å². The molecule has 0 bridgehead atoms. The summed E-state index contributed by atoms with van der Waals surface area (Å²) in [6, 6.07) is 8.86. The zero-order valence-corrected chi connectivity index (χ0v) is 15.7. The third-order valence-corrected chi connectivity index (χ3v) is 3.88. The molecule has 25 heavy (non-hydrogen) atoms. The van der Waals surface area contributed by atoms with Gasteiger partial charge in [-0.15, -0.1) is 0 Å². The Labute approximate surface area is 156 Å². The lowest BCUT2D eigenvalue weighted by Gasteiger charge is -2.46. The highest BCUT2D eigenvalue weighted by atomic mass is 32.1. The lowest BCUT2D eigenvalue weighted by Crippen LogP contribution is -2.65. The molecular formula is C17H30N2O5S. The minimum atomic E-state index is -0.892. The molecule has 5 N–H and O–H groups in total. The van der Waals surface area contributed by atoms with Crippen LogP contribution in [0.4, 0.5) is 0 Å². The fourth-order valence-corrected chi connectivity index (χ4v) is 2.73. The van der Waals surface area contributed by atoms with Gasteiger partial charge in [0.05, 0.1) is 19.3 Å². The fraction of sp³-hybridized carbons (Fsp3) is 0.647. The predicted octanol–water partition coefficient (Wildman–Crippen LogP) is 0.628. The molecule has 8 heteroatoms. The van der Waals surface area contributed by atoms with Crippen LogP contribution < -0.4 is 11.5 Å². The Morgan fingerprint density at radius 3 is 2.52 bits per heavy atom. The number of aliphatic hydroxyl groups is 1. The lowest BCUT2D eigenvalue weighted by molar-refractivity contribution is -0.341. The Morgan fingerprint density at radius 2 is 1.88 bits per heavy atom. The van der Waals surface area contributed by atoms with E-state index in [1.165, 1.54) is 0 Å². The molecule has 6 atom stereocenters. The topological polar surface area (TPSA) is 109 Å². The maximum absolute atomic E-state index is 10.4. The van der Waals surface area contributed by atoms with E-state index in [9.17, 15) is 5.11 Å². The van der Waals surface area contributed by atoms with Crippen molar-refractivity contribution < 1.29 is 24.1 Å². The average molecular weight is 375 g/mol. The highest BCUT2D eigenvalue weighted by Crippen LogP contribution is 2.33. The molecule has 0 spiro atoms. The summed E-state index contributed by atoms with van der Waals surface area (Å²) in [4.78, 5) is 0. The van der Waals surface area contributed by atoms with E-state index >= 15 is 0 Å². The van der Waals surface area contributed by atoms with Gasteiger partial charge in [-0.1, -0.05) is 44.2 Å². The number of ether oxygens (including phenoxy) is 4. The van der Waals surface area contributed by atoms with Gasteiger partial charge in [-0.2, -0.15) is 13.5 Å². The quantitative estimate of drug-likeness (QED) is 0.709. The molecule has 2 fully saturated rings. The lowest BCUT2D eigenvalue weighted by atomic mass is 9.96. The van der Waals surface area contributed by atoms with E-state index < -0.39 is 36.9 Å². The Morgan fingerprint density at radius 1 is 1.20 bits per heavy atom. The van der Waals surface area contributed by atoms with Crippen molar-refractivity contribution in [1.29, 1.82) is 0 Å². The maximum atomic E-state index is 10.4. The van der Waals surface area contributed by atoms with E-state index in [1.807, 2.05) is 44.2 Å². The van der Waals surface area contributed by atoms with Crippen molar-refractivity contribution in [3.8, 4) is 0 Å². The summed E-state index contributed by atoms with van der Waals surface area (Å²) in [5.74, 6) is 0. The molecule has 0 radical (unpaired) electrons. The van der Waals surface area contributed by atoms with E-state index in [0.29, 0.717) is 19.8 Å². The molecule has 2 heterocycles. The number of benzene rings is 1. The fourth-order valence-electron chi connectivity index (χ4n) is 2.73. The Bertz CT molecular complexity index is 479. The van der Waals surface area contributed by atoms with Crippen LogP contribution in [-0.4, -0.2) is 55.5 Å². The first-order valence-electron chi connectivity index (χ1n) is 8.43. The van der Waals surface area contributed by atoms with Crippen molar-refractivity contribution in [2.75, 3.05) is 19.8 Å². The van der Waals surface area contributed by atoms with Crippen LogP contribution in [-0.2, 0) is 18.9 Å².